The largest absolute Gasteiger partial charge is 0.481 e. The molecule has 1 aliphatic rings. The second-order valence-corrected chi connectivity index (χ2v) is 5.53. The number of rotatable bonds is 5. The molecule has 2 rings (SSSR count). The first-order valence-corrected chi connectivity index (χ1v) is 7.19. The Hall–Kier alpha value is -1.88. The zero-order chi connectivity index (χ0) is 15.4. The van der Waals surface area contributed by atoms with Crippen LogP contribution in [0, 0.1) is 0 Å². The highest BCUT2D eigenvalue weighted by Gasteiger charge is 2.32. The van der Waals surface area contributed by atoms with Crippen LogP contribution in [0.2, 0.25) is 0 Å². The number of benzene rings is 1. The maximum atomic E-state index is 12.2. The van der Waals surface area contributed by atoms with Crippen molar-refractivity contribution in [3.63, 3.8) is 0 Å². The first-order chi connectivity index (χ1) is 9.99. The molecule has 21 heavy (non-hydrogen) atoms. The maximum absolute atomic E-state index is 12.2. The second-order valence-electron chi connectivity index (χ2n) is 5.53. The molecule has 1 unspecified atom stereocenters. The van der Waals surface area contributed by atoms with Gasteiger partial charge in [-0.25, -0.2) is 0 Å². The third-order valence-corrected chi connectivity index (χ3v) is 3.61. The molecular formula is C16H21NO4. The molecule has 0 bridgehead atoms. The number of carbonyl (C=O) groups is 2. The van der Waals surface area contributed by atoms with E-state index in [-0.39, 0.29) is 25.0 Å². The van der Waals surface area contributed by atoms with Crippen molar-refractivity contribution in [2.24, 2.45) is 0 Å². The summed E-state index contributed by atoms with van der Waals surface area (Å²) in [6.07, 6.45) is 0.374. The molecule has 0 aliphatic carbocycles. The number of fused-ring (bicyclic) bond motifs is 1. The van der Waals surface area contributed by atoms with Gasteiger partial charge in [0.05, 0.1) is 25.0 Å². The van der Waals surface area contributed by atoms with E-state index in [4.69, 9.17) is 4.74 Å². The van der Waals surface area contributed by atoms with E-state index in [2.05, 4.69) is 0 Å². The molecule has 1 atom stereocenters. The van der Waals surface area contributed by atoms with Crippen LogP contribution in [0.3, 0.4) is 0 Å². The van der Waals surface area contributed by atoms with Crippen LogP contribution in [0.25, 0.3) is 0 Å². The van der Waals surface area contributed by atoms with Gasteiger partial charge in [-0.3, -0.25) is 9.59 Å². The molecule has 1 amide bonds. The fourth-order valence-corrected chi connectivity index (χ4v) is 2.55. The van der Waals surface area contributed by atoms with Crippen molar-refractivity contribution in [2.75, 3.05) is 13.2 Å². The molecule has 0 spiro atoms. The second kappa shape index (κ2) is 6.72. The number of nitrogens with zero attached hydrogens (tertiary/aromatic N) is 1. The fourth-order valence-electron chi connectivity index (χ4n) is 2.55. The summed E-state index contributed by atoms with van der Waals surface area (Å²) >= 11 is 0. The predicted molar refractivity (Wildman–Crippen MR) is 77.9 cm³/mol. The van der Waals surface area contributed by atoms with E-state index >= 15 is 0 Å². The van der Waals surface area contributed by atoms with Crippen molar-refractivity contribution in [1.82, 2.24) is 4.90 Å². The smallest absolute Gasteiger partial charge is 0.312 e. The van der Waals surface area contributed by atoms with Crippen molar-refractivity contribution >= 4 is 11.9 Å². The number of hydrogen-bond donors (Lipinski definition) is 1. The molecule has 0 saturated heterocycles. The Labute approximate surface area is 124 Å². The Balaban J connectivity index is 2.07. The highest BCUT2D eigenvalue weighted by molar-refractivity contribution is 5.81. The Bertz CT molecular complexity index is 527. The molecule has 5 heteroatoms. The summed E-state index contributed by atoms with van der Waals surface area (Å²) in [6, 6.07) is 7.42. The monoisotopic (exact) mass is 291 g/mol. The Morgan fingerprint density at radius 3 is 2.76 bits per heavy atom. The van der Waals surface area contributed by atoms with E-state index in [0.717, 1.165) is 11.1 Å². The Morgan fingerprint density at radius 1 is 1.38 bits per heavy atom. The van der Waals surface area contributed by atoms with Gasteiger partial charge >= 0.3 is 5.97 Å². The lowest BCUT2D eigenvalue weighted by Crippen LogP contribution is -2.41. The van der Waals surface area contributed by atoms with Crippen molar-refractivity contribution in [1.29, 1.82) is 0 Å². The van der Waals surface area contributed by atoms with Gasteiger partial charge in [0.1, 0.15) is 0 Å². The van der Waals surface area contributed by atoms with E-state index in [1.54, 1.807) is 4.90 Å². The van der Waals surface area contributed by atoms with Gasteiger partial charge in [-0.2, -0.15) is 0 Å². The Kier molecular flexibility index (Phi) is 4.96. The molecule has 0 radical (unpaired) electrons. The number of carboxylic acid groups (broad SMARTS) is 1. The average molecular weight is 291 g/mol. The van der Waals surface area contributed by atoms with E-state index in [1.165, 1.54) is 0 Å². The molecule has 0 fully saturated rings. The lowest BCUT2D eigenvalue weighted by Gasteiger charge is -2.33. The molecular weight excluding hydrogens is 270 g/mol. The van der Waals surface area contributed by atoms with Crippen LogP contribution in [0.4, 0.5) is 0 Å². The number of ether oxygens (including phenoxy) is 1. The predicted octanol–water partition coefficient (Wildman–Crippen LogP) is 2.01. The van der Waals surface area contributed by atoms with Gasteiger partial charge in [0.25, 0.3) is 0 Å². The maximum Gasteiger partial charge on any atom is 0.312 e. The summed E-state index contributed by atoms with van der Waals surface area (Å²) in [5.41, 5.74) is 1.72. The number of amides is 1. The van der Waals surface area contributed by atoms with Crippen molar-refractivity contribution < 1.29 is 19.4 Å². The van der Waals surface area contributed by atoms with Crippen molar-refractivity contribution in [2.45, 2.75) is 38.8 Å². The lowest BCUT2D eigenvalue weighted by molar-refractivity contribution is -0.141. The summed E-state index contributed by atoms with van der Waals surface area (Å²) in [4.78, 5) is 25.3. The zero-order valence-corrected chi connectivity index (χ0v) is 12.4. The van der Waals surface area contributed by atoms with Gasteiger partial charge in [-0.1, -0.05) is 24.3 Å². The number of carbonyl (C=O) groups excluding carboxylic acids is 1. The van der Waals surface area contributed by atoms with Gasteiger partial charge < -0.3 is 14.7 Å². The summed E-state index contributed by atoms with van der Waals surface area (Å²) < 4.78 is 5.38. The summed E-state index contributed by atoms with van der Waals surface area (Å²) in [6.45, 7) is 4.91. The quantitative estimate of drug-likeness (QED) is 0.901. The van der Waals surface area contributed by atoms with Crippen LogP contribution in [-0.4, -0.2) is 41.1 Å². The highest BCUT2D eigenvalue weighted by Crippen LogP contribution is 2.28. The molecule has 1 aliphatic heterocycles. The number of hydrogen-bond acceptors (Lipinski definition) is 3. The molecule has 114 valence electrons. The molecule has 0 aromatic heterocycles. The van der Waals surface area contributed by atoms with Gasteiger partial charge in [-0.05, 0) is 25.0 Å². The summed E-state index contributed by atoms with van der Waals surface area (Å²) in [7, 11) is 0. The minimum atomic E-state index is -0.890. The highest BCUT2D eigenvalue weighted by atomic mass is 16.5. The summed E-state index contributed by atoms with van der Waals surface area (Å²) in [5.74, 6) is -1.60. The standard InChI is InChI=1S/C16H21NO4/c1-11(2)21-8-7-15(18)17-9-12-5-3-4-6-13(12)14(10-17)16(19)20/h3-6,11,14H,7-10H2,1-2H3,(H,19,20). The SMILES string of the molecule is CC(C)OCCC(=O)N1Cc2ccccc2C(C(=O)O)C1. The first-order valence-electron chi connectivity index (χ1n) is 7.19. The van der Waals surface area contributed by atoms with Crippen molar-refractivity contribution in [3.05, 3.63) is 35.4 Å². The molecule has 0 saturated carbocycles. The molecule has 1 heterocycles. The van der Waals surface area contributed by atoms with Crippen molar-refractivity contribution in [3.8, 4) is 0 Å². The molecule has 5 nitrogen and oxygen atoms in total. The van der Waals surface area contributed by atoms with E-state index in [0.29, 0.717) is 13.2 Å². The topological polar surface area (TPSA) is 66.8 Å². The third kappa shape index (κ3) is 3.82. The number of carboxylic acids is 1. The fraction of sp³-hybridized carbons (Fsp3) is 0.500. The van der Waals surface area contributed by atoms with Crippen LogP contribution in [-0.2, 0) is 20.9 Å². The van der Waals surface area contributed by atoms with Crippen LogP contribution >= 0.6 is 0 Å². The van der Waals surface area contributed by atoms with E-state index < -0.39 is 11.9 Å². The molecule has 1 aromatic rings. The van der Waals surface area contributed by atoms with Crippen LogP contribution in [0.15, 0.2) is 24.3 Å². The molecule has 1 N–H and O–H groups in total. The number of aliphatic carboxylic acids is 1. The van der Waals surface area contributed by atoms with Crippen LogP contribution in [0.5, 0.6) is 0 Å². The van der Waals surface area contributed by atoms with E-state index in [9.17, 15) is 14.7 Å². The lowest BCUT2D eigenvalue weighted by atomic mass is 9.89. The van der Waals surface area contributed by atoms with E-state index in [1.807, 2.05) is 38.1 Å². The van der Waals surface area contributed by atoms with Gasteiger partial charge in [0.2, 0.25) is 5.91 Å². The summed E-state index contributed by atoms with van der Waals surface area (Å²) in [5, 5.41) is 9.37. The first kappa shape index (κ1) is 15.5. The van der Waals surface area contributed by atoms with Gasteiger partial charge in [-0.15, -0.1) is 0 Å². The third-order valence-electron chi connectivity index (χ3n) is 3.61. The zero-order valence-electron chi connectivity index (χ0n) is 12.4. The van der Waals surface area contributed by atoms with Crippen LogP contribution < -0.4 is 0 Å². The molecule has 1 aromatic carbocycles. The minimum Gasteiger partial charge on any atom is -0.481 e. The average Bonchev–Trinajstić information content (AvgIpc) is 2.45. The Morgan fingerprint density at radius 2 is 2.10 bits per heavy atom. The van der Waals surface area contributed by atoms with Gasteiger partial charge in [0.15, 0.2) is 0 Å². The van der Waals surface area contributed by atoms with Gasteiger partial charge in [0, 0.05) is 13.1 Å². The normalized spacial score (nSPS) is 17.7. The van der Waals surface area contributed by atoms with Crippen LogP contribution in [0.1, 0.15) is 37.3 Å². The minimum absolute atomic E-state index is 0.0589.